The van der Waals surface area contributed by atoms with Gasteiger partial charge in [-0.05, 0) is 75.8 Å². The molecule has 0 saturated carbocycles. The molecule has 0 amide bonds. The standard InChI is InChI=1S/C22H26N4OS.C6H10.C2H6/c1-25-20-8-13-28-22(20)21(24-25)19-14-16-6-7-17(15-18(16)23-19)27-12-5-11-26-9-3-2-4-10-26;1-3-5-6-4-2;1-2/h6-8,13-15,23H,2-5,9-12H2,1H3;3-6H,1-2H3;1-2H3/b;5-3-,6-4-;. The first-order chi connectivity index (χ1) is 17.7. The number of ether oxygens (including phenoxy) is 1. The molecule has 4 aromatic rings. The number of allylic oxidation sites excluding steroid dienone is 4. The smallest absolute Gasteiger partial charge is 0.126 e. The molecule has 36 heavy (non-hydrogen) atoms. The highest BCUT2D eigenvalue weighted by Crippen LogP contribution is 2.33. The maximum Gasteiger partial charge on any atom is 0.126 e. The van der Waals surface area contributed by atoms with Gasteiger partial charge >= 0.3 is 0 Å². The van der Waals surface area contributed by atoms with Crippen LogP contribution in [0.2, 0.25) is 0 Å². The van der Waals surface area contributed by atoms with Crippen molar-refractivity contribution in [1.82, 2.24) is 19.7 Å². The molecule has 0 atom stereocenters. The van der Waals surface area contributed by atoms with Crippen LogP contribution in [0.25, 0.3) is 32.5 Å². The Morgan fingerprint density at radius 3 is 2.50 bits per heavy atom. The highest BCUT2D eigenvalue weighted by atomic mass is 32.1. The van der Waals surface area contributed by atoms with Crippen molar-refractivity contribution in [2.24, 2.45) is 7.05 Å². The molecule has 0 unspecified atom stereocenters. The molecule has 3 aromatic heterocycles. The topological polar surface area (TPSA) is 46.1 Å². The number of nitrogens with one attached hydrogen (secondary N) is 1. The van der Waals surface area contributed by atoms with Crippen molar-refractivity contribution in [3.05, 3.63) is 60.0 Å². The van der Waals surface area contributed by atoms with E-state index in [9.17, 15) is 0 Å². The van der Waals surface area contributed by atoms with E-state index < -0.39 is 0 Å². The molecule has 0 spiro atoms. The second kappa shape index (κ2) is 14.7. The summed E-state index contributed by atoms with van der Waals surface area (Å²) in [6, 6.07) is 10.6. The molecule has 4 heterocycles. The summed E-state index contributed by atoms with van der Waals surface area (Å²) in [5.74, 6) is 0.932. The number of aryl methyl sites for hydroxylation is 1. The quantitative estimate of drug-likeness (QED) is 0.203. The monoisotopic (exact) mass is 506 g/mol. The molecular formula is C30H42N4OS. The first-order valence-electron chi connectivity index (χ1n) is 13.3. The number of hydrogen-bond donors (Lipinski definition) is 1. The Morgan fingerprint density at radius 1 is 1.03 bits per heavy atom. The van der Waals surface area contributed by atoms with Gasteiger partial charge in [0.2, 0.25) is 0 Å². The van der Waals surface area contributed by atoms with Gasteiger partial charge in [-0.15, -0.1) is 11.3 Å². The van der Waals surface area contributed by atoms with Gasteiger partial charge in [0.15, 0.2) is 0 Å². The second-order valence-corrected chi connectivity index (χ2v) is 9.61. The van der Waals surface area contributed by atoms with E-state index in [1.165, 1.54) is 48.0 Å². The fourth-order valence-corrected chi connectivity index (χ4v) is 5.28. The second-order valence-electron chi connectivity index (χ2n) is 8.70. The molecule has 1 fully saturated rings. The van der Waals surface area contributed by atoms with Crippen LogP contribution >= 0.6 is 11.3 Å². The molecule has 0 radical (unpaired) electrons. The third-order valence-electron chi connectivity index (χ3n) is 6.14. The van der Waals surface area contributed by atoms with Crippen LogP contribution in [0.5, 0.6) is 5.75 Å². The van der Waals surface area contributed by atoms with E-state index in [1.807, 2.05) is 63.7 Å². The molecule has 1 aliphatic rings. The molecule has 1 saturated heterocycles. The number of aromatic nitrogens is 3. The molecule has 6 heteroatoms. The van der Waals surface area contributed by atoms with Crippen LogP contribution < -0.4 is 4.74 Å². The van der Waals surface area contributed by atoms with Gasteiger partial charge in [-0.1, -0.05) is 44.6 Å². The number of hydrogen-bond acceptors (Lipinski definition) is 4. The average Bonchev–Trinajstić information content (AvgIpc) is 3.64. The number of thiophene rings is 1. The molecule has 194 valence electrons. The van der Waals surface area contributed by atoms with Crippen LogP contribution in [-0.4, -0.2) is 45.9 Å². The molecular weight excluding hydrogens is 464 g/mol. The zero-order valence-corrected chi connectivity index (χ0v) is 23.4. The summed E-state index contributed by atoms with van der Waals surface area (Å²) in [5.41, 5.74) is 4.35. The third-order valence-corrected chi connectivity index (χ3v) is 7.05. The number of benzene rings is 1. The first kappa shape index (κ1) is 27.8. The van der Waals surface area contributed by atoms with Crippen LogP contribution in [0.15, 0.2) is 60.0 Å². The molecule has 1 aromatic carbocycles. The van der Waals surface area contributed by atoms with Crippen molar-refractivity contribution in [2.45, 2.75) is 53.4 Å². The lowest BCUT2D eigenvalue weighted by Crippen LogP contribution is -2.31. The molecule has 1 N–H and O–H groups in total. The zero-order valence-electron chi connectivity index (χ0n) is 22.6. The summed E-state index contributed by atoms with van der Waals surface area (Å²) >= 11 is 1.74. The first-order valence-corrected chi connectivity index (χ1v) is 14.2. The number of nitrogens with zero attached hydrogens (tertiary/aromatic N) is 3. The SMILES string of the molecule is C/C=C\C=C/C.CC.Cn1nc(-c2cc3ccc(OCCCN4CCCCC4)cc3[nH]2)c2sccc21. The van der Waals surface area contributed by atoms with Gasteiger partial charge in [-0.3, -0.25) is 4.68 Å². The van der Waals surface area contributed by atoms with Crippen molar-refractivity contribution in [1.29, 1.82) is 0 Å². The van der Waals surface area contributed by atoms with Gasteiger partial charge in [-0.25, -0.2) is 0 Å². The van der Waals surface area contributed by atoms with E-state index in [1.54, 1.807) is 11.3 Å². The van der Waals surface area contributed by atoms with E-state index in [4.69, 9.17) is 9.84 Å². The average molecular weight is 507 g/mol. The lowest BCUT2D eigenvalue weighted by molar-refractivity contribution is 0.205. The molecule has 1 aliphatic heterocycles. The van der Waals surface area contributed by atoms with E-state index in [-0.39, 0.29) is 0 Å². The Kier molecular flexibility index (Phi) is 11.3. The fourth-order valence-electron chi connectivity index (χ4n) is 4.37. The van der Waals surface area contributed by atoms with Crippen LogP contribution in [0.1, 0.15) is 53.4 Å². The van der Waals surface area contributed by atoms with Crippen molar-refractivity contribution < 1.29 is 4.74 Å². The van der Waals surface area contributed by atoms with Gasteiger partial charge in [0.1, 0.15) is 11.4 Å². The Labute approximate surface area is 220 Å². The molecule has 0 aliphatic carbocycles. The van der Waals surface area contributed by atoms with Crippen LogP contribution in [-0.2, 0) is 7.05 Å². The van der Waals surface area contributed by atoms with Crippen LogP contribution in [0, 0.1) is 0 Å². The van der Waals surface area contributed by atoms with E-state index in [2.05, 4.69) is 45.6 Å². The molecule has 5 rings (SSSR count). The predicted molar refractivity (Wildman–Crippen MR) is 157 cm³/mol. The van der Waals surface area contributed by atoms with Crippen molar-refractivity contribution in [3.63, 3.8) is 0 Å². The minimum absolute atomic E-state index is 0.769. The third kappa shape index (κ3) is 7.34. The zero-order chi connectivity index (χ0) is 25.8. The lowest BCUT2D eigenvalue weighted by Gasteiger charge is -2.26. The van der Waals surface area contributed by atoms with E-state index in [0.29, 0.717) is 0 Å². The summed E-state index contributed by atoms with van der Waals surface area (Å²) < 4.78 is 9.19. The predicted octanol–water partition coefficient (Wildman–Crippen LogP) is 8.20. The van der Waals surface area contributed by atoms with E-state index >= 15 is 0 Å². The Balaban J connectivity index is 0.000000399. The van der Waals surface area contributed by atoms with Crippen molar-refractivity contribution >= 4 is 32.5 Å². The van der Waals surface area contributed by atoms with Gasteiger partial charge in [0.05, 0.1) is 22.5 Å². The van der Waals surface area contributed by atoms with Gasteiger partial charge < -0.3 is 14.6 Å². The van der Waals surface area contributed by atoms with Crippen molar-refractivity contribution in [3.8, 4) is 17.1 Å². The van der Waals surface area contributed by atoms with Gasteiger partial charge in [-0.2, -0.15) is 5.10 Å². The number of piperidine rings is 1. The fraction of sp³-hybridized carbons (Fsp3) is 0.433. The minimum atomic E-state index is 0.769. The highest BCUT2D eigenvalue weighted by molar-refractivity contribution is 7.17. The Morgan fingerprint density at radius 2 is 1.78 bits per heavy atom. The molecule has 0 bridgehead atoms. The highest BCUT2D eigenvalue weighted by Gasteiger charge is 2.14. The summed E-state index contributed by atoms with van der Waals surface area (Å²) in [4.78, 5) is 6.09. The van der Waals surface area contributed by atoms with Crippen LogP contribution in [0.3, 0.4) is 0 Å². The maximum atomic E-state index is 6.02. The van der Waals surface area contributed by atoms with E-state index in [0.717, 1.165) is 42.2 Å². The summed E-state index contributed by atoms with van der Waals surface area (Å²) in [6.07, 6.45) is 13.2. The number of likely N-dealkylation sites (tertiary alicyclic amines) is 1. The Bertz CT molecular complexity index is 1230. The van der Waals surface area contributed by atoms with Gasteiger partial charge in [0, 0.05) is 30.6 Å². The normalized spacial score (nSPS) is 14.2. The maximum absolute atomic E-state index is 6.02. The minimum Gasteiger partial charge on any atom is -0.493 e. The summed E-state index contributed by atoms with van der Waals surface area (Å²) in [5, 5.41) is 8.01. The molecule has 5 nitrogen and oxygen atoms in total. The Hall–Kier alpha value is -2.83. The summed E-state index contributed by atoms with van der Waals surface area (Å²) in [7, 11) is 2.00. The van der Waals surface area contributed by atoms with Crippen molar-refractivity contribution in [2.75, 3.05) is 26.2 Å². The van der Waals surface area contributed by atoms with Crippen LogP contribution in [0.4, 0.5) is 0 Å². The number of fused-ring (bicyclic) bond motifs is 2. The number of H-pyrrole nitrogens is 1. The number of rotatable bonds is 7. The van der Waals surface area contributed by atoms with Gasteiger partial charge in [0.25, 0.3) is 0 Å². The lowest BCUT2D eigenvalue weighted by atomic mass is 10.1. The summed E-state index contributed by atoms with van der Waals surface area (Å²) in [6.45, 7) is 12.4. The largest absolute Gasteiger partial charge is 0.493 e. The number of aromatic amines is 1.